The molecule has 2 heterocycles. The van der Waals surface area contributed by atoms with E-state index in [2.05, 4.69) is 66.5 Å². The average Bonchev–Trinajstić information content (AvgIpc) is 3.30. The van der Waals surface area contributed by atoms with Gasteiger partial charge in [-0.05, 0) is 44.9 Å². The Morgan fingerprint density at radius 1 is 1.25 bits per heavy atom. The summed E-state index contributed by atoms with van der Waals surface area (Å²) < 4.78 is 11.7. The lowest BCUT2D eigenvalue weighted by Crippen LogP contribution is -2.47. The normalized spacial score (nSPS) is 21.5. The maximum absolute atomic E-state index is 6.19. The number of nitrogens with one attached hydrogen (secondary N) is 2. The van der Waals surface area contributed by atoms with E-state index in [1.807, 2.05) is 0 Å². The molecule has 2 aliphatic rings. The van der Waals surface area contributed by atoms with E-state index in [1.54, 1.807) is 0 Å². The van der Waals surface area contributed by atoms with E-state index in [9.17, 15) is 0 Å². The second kappa shape index (κ2) is 13.0. The van der Waals surface area contributed by atoms with Crippen LogP contribution in [0.3, 0.4) is 0 Å². The maximum atomic E-state index is 6.19. The molecule has 0 bridgehead atoms. The van der Waals surface area contributed by atoms with E-state index in [-0.39, 0.29) is 0 Å². The molecule has 3 rings (SSSR count). The lowest BCUT2D eigenvalue weighted by atomic mass is 10.1. The van der Waals surface area contributed by atoms with Crippen molar-refractivity contribution in [1.82, 2.24) is 20.4 Å². The van der Waals surface area contributed by atoms with E-state index in [1.165, 1.54) is 18.7 Å². The summed E-state index contributed by atoms with van der Waals surface area (Å²) in [4.78, 5) is 9.83. The molecule has 2 atom stereocenters. The third-order valence-corrected chi connectivity index (χ3v) is 6.26. The van der Waals surface area contributed by atoms with Crippen LogP contribution < -0.4 is 15.4 Å². The van der Waals surface area contributed by atoms with Crippen LogP contribution in [0.5, 0.6) is 5.75 Å². The topological polar surface area (TPSA) is 61.4 Å². The van der Waals surface area contributed by atoms with Crippen molar-refractivity contribution in [3.05, 3.63) is 29.3 Å². The standard InChI is InChI=1S/C25H43N5O2/c1-5-26-25(27-15-21(3)17-30-11-9-29(4)10-12-30)28-16-23-7-6-20(2)14-24(23)32-19-22-8-13-31-18-22/h6-7,14,21-22H,5,8-13,15-19H2,1-4H3,(H2,26,27,28). The van der Waals surface area contributed by atoms with Gasteiger partial charge in [-0.25, -0.2) is 4.99 Å². The van der Waals surface area contributed by atoms with Gasteiger partial charge >= 0.3 is 0 Å². The van der Waals surface area contributed by atoms with Gasteiger partial charge in [0.05, 0.1) is 19.8 Å². The Labute approximate surface area is 194 Å². The van der Waals surface area contributed by atoms with Gasteiger partial charge in [0.1, 0.15) is 5.75 Å². The minimum atomic E-state index is 0.493. The minimum Gasteiger partial charge on any atom is -0.493 e. The van der Waals surface area contributed by atoms with Gasteiger partial charge in [0.2, 0.25) is 0 Å². The third kappa shape index (κ3) is 8.26. The summed E-state index contributed by atoms with van der Waals surface area (Å²) in [5.74, 6) is 2.87. The monoisotopic (exact) mass is 445 g/mol. The van der Waals surface area contributed by atoms with Gasteiger partial charge in [0, 0.05) is 63.9 Å². The highest BCUT2D eigenvalue weighted by Gasteiger charge is 2.18. The van der Waals surface area contributed by atoms with Crippen LogP contribution in [0.25, 0.3) is 0 Å². The molecule has 2 N–H and O–H groups in total. The number of nitrogens with zero attached hydrogens (tertiary/aromatic N) is 3. The molecule has 7 heteroatoms. The van der Waals surface area contributed by atoms with Gasteiger partial charge in [-0.2, -0.15) is 0 Å². The third-order valence-electron chi connectivity index (χ3n) is 6.26. The number of rotatable bonds is 10. The molecule has 2 aliphatic heterocycles. The van der Waals surface area contributed by atoms with Crippen LogP contribution in [0.15, 0.2) is 23.2 Å². The van der Waals surface area contributed by atoms with Gasteiger partial charge < -0.3 is 29.9 Å². The first-order chi connectivity index (χ1) is 15.5. The number of guanidine groups is 1. The molecule has 0 radical (unpaired) electrons. The number of benzene rings is 1. The number of hydrogen-bond acceptors (Lipinski definition) is 5. The summed E-state index contributed by atoms with van der Waals surface area (Å²) >= 11 is 0. The molecular weight excluding hydrogens is 402 g/mol. The van der Waals surface area contributed by atoms with E-state index < -0.39 is 0 Å². The molecule has 2 unspecified atom stereocenters. The molecule has 7 nitrogen and oxygen atoms in total. The van der Waals surface area contributed by atoms with Crippen molar-refractivity contribution >= 4 is 5.96 Å². The Kier molecular flexibility index (Phi) is 10.1. The summed E-state index contributed by atoms with van der Waals surface area (Å²) in [7, 11) is 2.20. The minimum absolute atomic E-state index is 0.493. The first-order valence-electron chi connectivity index (χ1n) is 12.3. The quantitative estimate of drug-likeness (QED) is 0.426. The van der Waals surface area contributed by atoms with Gasteiger partial charge in [-0.3, -0.25) is 0 Å². The van der Waals surface area contributed by atoms with Crippen molar-refractivity contribution in [3.63, 3.8) is 0 Å². The van der Waals surface area contributed by atoms with Crippen molar-refractivity contribution in [2.45, 2.75) is 33.7 Å². The number of likely N-dealkylation sites (N-methyl/N-ethyl adjacent to an activating group) is 1. The predicted molar refractivity (Wildman–Crippen MR) is 132 cm³/mol. The SMILES string of the molecule is CCNC(=NCc1ccc(C)cc1OCC1CCOC1)NCC(C)CN1CCN(C)CC1. The fraction of sp³-hybridized carbons (Fsp3) is 0.720. The number of piperazine rings is 1. The molecule has 180 valence electrons. The molecule has 32 heavy (non-hydrogen) atoms. The molecule has 0 saturated carbocycles. The lowest BCUT2D eigenvalue weighted by molar-refractivity contribution is 0.139. The lowest BCUT2D eigenvalue weighted by Gasteiger charge is -2.34. The molecule has 2 saturated heterocycles. The molecule has 1 aromatic carbocycles. The zero-order valence-corrected chi connectivity index (χ0v) is 20.5. The smallest absolute Gasteiger partial charge is 0.191 e. The fourth-order valence-corrected chi connectivity index (χ4v) is 4.16. The molecule has 2 fully saturated rings. The van der Waals surface area contributed by atoms with Crippen LogP contribution in [0.2, 0.25) is 0 Å². The van der Waals surface area contributed by atoms with Crippen LogP contribution in [-0.2, 0) is 11.3 Å². The van der Waals surface area contributed by atoms with E-state index in [4.69, 9.17) is 14.5 Å². The van der Waals surface area contributed by atoms with Crippen LogP contribution in [-0.4, -0.2) is 88.4 Å². The predicted octanol–water partition coefficient (Wildman–Crippen LogP) is 2.35. The largest absolute Gasteiger partial charge is 0.493 e. The molecule has 0 amide bonds. The van der Waals surface area contributed by atoms with Crippen LogP contribution in [0.4, 0.5) is 0 Å². The van der Waals surface area contributed by atoms with E-state index >= 15 is 0 Å². The maximum Gasteiger partial charge on any atom is 0.191 e. The number of hydrogen-bond donors (Lipinski definition) is 2. The number of aryl methyl sites for hydroxylation is 1. The Hall–Kier alpha value is -1.83. The second-order valence-corrected chi connectivity index (χ2v) is 9.44. The summed E-state index contributed by atoms with van der Waals surface area (Å²) in [5, 5.41) is 6.93. The molecule has 0 spiro atoms. The summed E-state index contributed by atoms with van der Waals surface area (Å²) in [6.07, 6.45) is 1.08. The molecule has 1 aromatic rings. The first kappa shape index (κ1) is 24.8. The Bertz CT molecular complexity index is 712. The highest BCUT2D eigenvalue weighted by atomic mass is 16.5. The van der Waals surface area contributed by atoms with E-state index in [0.717, 1.165) is 69.6 Å². The van der Waals surface area contributed by atoms with Crippen molar-refractivity contribution in [3.8, 4) is 5.75 Å². The summed E-state index contributed by atoms with van der Waals surface area (Å²) in [5.41, 5.74) is 2.33. The zero-order valence-electron chi connectivity index (χ0n) is 20.5. The molecular formula is C25H43N5O2. The van der Waals surface area contributed by atoms with Crippen molar-refractivity contribution in [2.75, 3.05) is 72.7 Å². The summed E-state index contributed by atoms with van der Waals surface area (Å²) in [6.45, 7) is 17.0. The van der Waals surface area contributed by atoms with Crippen molar-refractivity contribution in [1.29, 1.82) is 0 Å². The van der Waals surface area contributed by atoms with Crippen LogP contribution in [0, 0.1) is 18.8 Å². The van der Waals surface area contributed by atoms with Crippen LogP contribution in [0.1, 0.15) is 31.4 Å². The Balaban J connectivity index is 1.52. The van der Waals surface area contributed by atoms with E-state index in [0.29, 0.717) is 25.0 Å². The van der Waals surface area contributed by atoms with Gasteiger partial charge in [0.25, 0.3) is 0 Å². The van der Waals surface area contributed by atoms with Gasteiger partial charge in [-0.15, -0.1) is 0 Å². The van der Waals surface area contributed by atoms with Crippen LogP contribution >= 0.6 is 0 Å². The fourth-order valence-electron chi connectivity index (χ4n) is 4.16. The number of aliphatic imine (C=N–C) groups is 1. The van der Waals surface area contributed by atoms with Gasteiger partial charge in [0.15, 0.2) is 5.96 Å². The van der Waals surface area contributed by atoms with Crippen molar-refractivity contribution in [2.24, 2.45) is 16.8 Å². The molecule has 0 aromatic heterocycles. The zero-order chi connectivity index (χ0) is 22.8. The molecule has 0 aliphatic carbocycles. The highest BCUT2D eigenvalue weighted by Crippen LogP contribution is 2.23. The summed E-state index contributed by atoms with van der Waals surface area (Å²) in [6, 6.07) is 6.40. The highest BCUT2D eigenvalue weighted by molar-refractivity contribution is 5.79. The second-order valence-electron chi connectivity index (χ2n) is 9.44. The Morgan fingerprint density at radius 3 is 2.78 bits per heavy atom. The Morgan fingerprint density at radius 2 is 2.06 bits per heavy atom. The first-order valence-corrected chi connectivity index (χ1v) is 12.3. The number of ether oxygens (including phenoxy) is 2. The average molecular weight is 446 g/mol. The van der Waals surface area contributed by atoms with Gasteiger partial charge in [-0.1, -0.05) is 19.1 Å². The van der Waals surface area contributed by atoms with Crippen molar-refractivity contribution < 1.29 is 9.47 Å².